The summed E-state index contributed by atoms with van der Waals surface area (Å²) in [6, 6.07) is 0.618. The highest BCUT2D eigenvalue weighted by Crippen LogP contribution is 2.47. The van der Waals surface area contributed by atoms with E-state index in [2.05, 4.69) is 89.1 Å². The van der Waals surface area contributed by atoms with Crippen LogP contribution in [0.5, 0.6) is 0 Å². The van der Waals surface area contributed by atoms with Gasteiger partial charge in [0.25, 0.3) is 0 Å². The maximum Gasteiger partial charge on any atom is 0.328 e. The van der Waals surface area contributed by atoms with Crippen molar-refractivity contribution in [3.63, 3.8) is 0 Å². The van der Waals surface area contributed by atoms with E-state index >= 15 is 0 Å². The van der Waals surface area contributed by atoms with Gasteiger partial charge in [0.05, 0.1) is 62.5 Å². The quantitative estimate of drug-likeness (QED) is 0.0326. The van der Waals surface area contributed by atoms with Gasteiger partial charge in [-0.05, 0) is 104 Å². The number of ether oxygens (including phenoxy) is 2. The Morgan fingerprint density at radius 2 is 0.824 bits per heavy atom. The second-order valence-corrected chi connectivity index (χ2v) is 24.6. The summed E-state index contributed by atoms with van der Waals surface area (Å²) in [5.74, 6) is -6.61. The summed E-state index contributed by atoms with van der Waals surface area (Å²) < 4.78 is 12.8. The molecule has 5 rings (SSSR count). The molecule has 0 spiro atoms. The molecule has 8 N–H and O–H groups in total. The smallest absolute Gasteiger partial charge is 0.328 e. The average molecular weight is 1220 g/mol. The molecule has 464 valence electrons. The zero-order valence-electron chi connectivity index (χ0n) is 50.5. The lowest BCUT2D eigenvalue weighted by molar-refractivity contribution is -0.146. The Kier molecular flexibility index (Phi) is 25.9. The van der Waals surface area contributed by atoms with Gasteiger partial charge in [-0.2, -0.15) is 0 Å². The normalized spacial score (nSPS) is 13.7. The van der Waals surface area contributed by atoms with Crippen LogP contribution in [0.3, 0.4) is 0 Å². The van der Waals surface area contributed by atoms with Gasteiger partial charge in [-0.15, -0.1) is 32.9 Å². The molecule has 8 amide bonds. The molecule has 0 saturated carbocycles. The van der Waals surface area contributed by atoms with Crippen molar-refractivity contribution >= 4 is 93.0 Å². The van der Waals surface area contributed by atoms with Crippen molar-refractivity contribution < 1.29 is 57.4 Å². The number of carbonyl (C=O) groups is 10. The molecule has 28 heteroatoms. The standard InChI is InChI=1S/C57H82N14O12S2/c1-30(2)50(54(78)60-26-48(76)64-52(32(5)6)56(80)82-11)62-46(74)24-58-44(72)18-14-20-70-28-40(66-68-70)42-22-38(34(9)84-42)36-16-13-17-37(36)39-23-43(85-35(39)10)41-29-71(69-67-41)21-15-19-45(73)59-25-47(75)63-51(31(3)4)55(79)61-27-49(77)65-53(33(7)8)57(81)83-12/h22-23,28-33,50-53H,13-21,24-27H2,1-12H3,(H,58,72)(H,59,73)(H,60,78)(H,61,79)(H,62,74)(H,63,75)(H,64,76)(H,65,77)/t50-,51-,52-,53-/m0/s1. The molecule has 26 nitrogen and oxygen atoms in total. The molecule has 0 aliphatic heterocycles. The molecule has 4 heterocycles. The van der Waals surface area contributed by atoms with Crippen LogP contribution in [-0.2, 0) is 70.5 Å². The second-order valence-electron chi connectivity index (χ2n) is 22.1. The van der Waals surface area contributed by atoms with Crippen molar-refractivity contribution in [2.24, 2.45) is 23.7 Å². The fraction of sp³-hybridized carbons (Fsp3) is 0.579. The molecule has 0 fully saturated rings. The van der Waals surface area contributed by atoms with Crippen molar-refractivity contribution in [3.05, 3.63) is 45.4 Å². The zero-order valence-corrected chi connectivity index (χ0v) is 52.2. The molecule has 1 aliphatic rings. The highest BCUT2D eigenvalue weighted by atomic mass is 32.1. The predicted octanol–water partition coefficient (Wildman–Crippen LogP) is 2.97. The van der Waals surface area contributed by atoms with Crippen LogP contribution in [0.2, 0.25) is 0 Å². The Morgan fingerprint density at radius 3 is 1.15 bits per heavy atom. The number of allylic oxidation sites excluding steroid dienone is 2. The minimum absolute atomic E-state index is 0.114. The van der Waals surface area contributed by atoms with Crippen LogP contribution in [0.4, 0.5) is 0 Å². The second kappa shape index (κ2) is 32.4. The van der Waals surface area contributed by atoms with Crippen LogP contribution in [0, 0.1) is 37.5 Å². The van der Waals surface area contributed by atoms with Crippen LogP contribution < -0.4 is 42.5 Å². The molecule has 0 aromatic carbocycles. The number of methoxy groups -OCH3 is 2. The van der Waals surface area contributed by atoms with Crippen LogP contribution in [0.1, 0.15) is 121 Å². The Morgan fingerprint density at radius 1 is 0.494 bits per heavy atom. The third-order valence-corrected chi connectivity index (χ3v) is 16.2. The molecule has 85 heavy (non-hydrogen) atoms. The summed E-state index contributed by atoms with van der Waals surface area (Å²) in [5.41, 5.74) is 6.36. The average Bonchev–Trinajstić information content (AvgIpc) is 2.03. The van der Waals surface area contributed by atoms with E-state index in [0.717, 1.165) is 38.8 Å². The molecule has 4 aromatic heterocycles. The van der Waals surface area contributed by atoms with Crippen molar-refractivity contribution in [1.29, 1.82) is 0 Å². The summed E-state index contributed by atoms with van der Waals surface area (Å²) in [7, 11) is 2.44. The van der Waals surface area contributed by atoms with E-state index in [1.54, 1.807) is 87.4 Å². The summed E-state index contributed by atoms with van der Waals surface area (Å²) in [5, 5.41) is 38.0. The fourth-order valence-corrected chi connectivity index (χ4v) is 11.3. The van der Waals surface area contributed by atoms with E-state index in [9.17, 15) is 47.9 Å². The van der Waals surface area contributed by atoms with Crippen LogP contribution in [-0.4, -0.2) is 154 Å². The molecule has 4 aromatic rings. The number of amides is 8. The van der Waals surface area contributed by atoms with E-state index in [4.69, 9.17) is 9.47 Å². The number of aromatic nitrogens is 6. The lowest BCUT2D eigenvalue weighted by Gasteiger charge is -2.23. The topological polar surface area (TPSA) is 347 Å². The molecule has 1 aliphatic carbocycles. The number of nitrogens with one attached hydrogen (secondary N) is 8. The van der Waals surface area contributed by atoms with E-state index in [1.807, 2.05) is 12.4 Å². The molecule has 0 unspecified atom stereocenters. The fourth-order valence-electron chi connectivity index (χ4n) is 9.30. The van der Waals surface area contributed by atoms with Gasteiger partial charge >= 0.3 is 11.9 Å². The Labute approximate surface area is 502 Å². The molecule has 0 saturated heterocycles. The van der Waals surface area contributed by atoms with Crippen molar-refractivity contribution in [3.8, 4) is 21.1 Å². The number of aryl methyl sites for hydroxylation is 4. The van der Waals surface area contributed by atoms with Crippen LogP contribution >= 0.6 is 22.7 Å². The summed E-state index contributed by atoms with van der Waals surface area (Å²) >= 11 is 3.29. The highest BCUT2D eigenvalue weighted by Gasteiger charge is 2.31. The van der Waals surface area contributed by atoms with Gasteiger partial charge in [0, 0.05) is 35.7 Å². The van der Waals surface area contributed by atoms with Gasteiger partial charge < -0.3 is 52.0 Å². The first-order chi connectivity index (χ1) is 40.3. The van der Waals surface area contributed by atoms with E-state index in [-0.39, 0.29) is 61.4 Å². The highest BCUT2D eigenvalue weighted by molar-refractivity contribution is 7.16. The zero-order chi connectivity index (χ0) is 62.7. The van der Waals surface area contributed by atoms with Gasteiger partial charge in [0.1, 0.15) is 35.6 Å². The minimum Gasteiger partial charge on any atom is -0.467 e. The number of hydrogen-bond donors (Lipinski definition) is 8. The van der Waals surface area contributed by atoms with Crippen molar-refractivity contribution in [2.75, 3.05) is 40.4 Å². The number of thiophene rings is 2. The van der Waals surface area contributed by atoms with Gasteiger partial charge in [0.2, 0.25) is 47.3 Å². The lowest BCUT2D eigenvalue weighted by Crippen LogP contribution is -2.54. The first-order valence-corrected chi connectivity index (χ1v) is 30.1. The van der Waals surface area contributed by atoms with Gasteiger partial charge in [0.15, 0.2) is 0 Å². The summed E-state index contributed by atoms with van der Waals surface area (Å²) in [4.78, 5) is 130. The first kappa shape index (κ1) is 67.9. The van der Waals surface area contributed by atoms with Gasteiger partial charge in [-0.3, -0.25) is 47.7 Å². The maximum atomic E-state index is 12.9. The van der Waals surface area contributed by atoms with E-state index in [0.29, 0.717) is 37.3 Å². The van der Waals surface area contributed by atoms with Crippen molar-refractivity contribution in [2.45, 2.75) is 151 Å². The van der Waals surface area contributed by atoms with Crippen molar-refractivity contribution in [1.82, 2.24) is 72.5 Å². The Bertz CT molecular complexity index is 2870. The molecular weight excluding hydrogens is 1140 g/mol. The number of esters is 2. The Balaban J connectivity index is 1.06. The first-order valence-electron chi connectivity index (χ1n) is 28.5. The number of hydrogen-bond acceptors (Lipinski definition) is 18. The third-order valence-electron chi connectivity index (χ3n) is 14.0. The number of carbonyl (C=O) groups excluding carboxylic acids is 10. The SMILES string of the molecule is COC(=O)[C@@H](NC(=O)CNC(=O)[C@@H](NC(=O)CNC(=O)CCCn1cc(-c2cc(C3=C(c4cc(-c5cn(CCCC(=O)NCC(=O)N[C@H](C(=O)NCC(=O)N[C@H](C(=O)OC)C(C)C)C(C)C)nn5)sc4C)CCC3)c(C)s2)nn1)C(C)C)C(C)C. The Hall–Kier alpha value is -7.88. The third kappa shape index (κ3) is 20.1. The van der Waals surface area contributed by atoms with Crippen LogP contribution in [0.15, 0.2) is 24.5 Å². The molecule has 0 bridgehead atoms. The monoisotopic (exact) mass is 1220 g/mol. The lowest BCUT2D eigenvalue weighted by atomic mass is 9.97. The molecule has 0 radical (unpaired) electrons. The summed E-state index contributed by atoms with van der Waals surface area (Å²) in [6.45, 7) is 17.4. The number of nitrogens with zero attached hydrogens (tertiary/aromatic N) is 6. The largest absolute Gasteiger partial charge is 0.467 e. The molecule has 4 atom stereocenters. The minimum atomic E-state index is -0.981. The van der Waals surface area contributed by atoms with E-state index < -0.39 is 84.6 Å². The van der Waals surface area contributed by atoms with Crippen LogP contribution in [0.25, 0.3) is 32.3 Å². The van der Waals surface area contributed by atoms with Gasteiger partial charge in [-0.25, -0.2) is 9.59 Å². The van der Waals surface area contributed by atoms with Gasteiger partial charge in [-0.1, -0.05) is 65.8 Å². The number of rotatable bonds is 32. The molecular formula is C57H82N14O12S2. The predicted molar refractivity (Wildman–Crippen MR) is 318 cm³/mol. The van der Waals surface area contributed by atoms with E-state index in [1.165, 1.54) is 36.5 Å². The summed E-state index contributed by atoms with van der Waals surface area (Å²) in [6.07, 6.45) is 7.65. The maximum absolute atomic E-state index is 12.9.